The molecule has 4 rings (SSSR count). The first-order chi connectivity index (χ1) is 11.8. The van der Waals surface area contributed by atoms with E-state index in [-0.39, 0.29) is 0 Å². The zero-order chi connectivity index (χ0) is 16.4. The molecule has 2 heterocycles. The van der Waals surface area contributed by atoms with Crippen molar-refractivity contribution in [2.75, 3.05) is 5.32 Å². The predicted octanol–water partition coefficient (Wildman–Crippen LogP) is 3.83. The fourth-order valence-electron chi connectivity index (χ4n) is 2.67. The highest BCUT2D eigenvalue weighted by molar-refractivity contribution is 5.92. The lowest BCUT2D eigenvalue weighted by molar-refractivity contribution is 1.07. The molecule has 4 N–H and O–H groups in total. The summed E-state index contributed by atoms with van der Waals surface area (Å²) in [6, 6.07) is 20.3. The molecule has 0 spiro atoms. The highest BCUT2D eigenvalue weighted by Gasteiger charge is 2.09. The third kappa shape index (κ3) is 2.73. The van der Waals surface area contributed by atoms with Gasteiger partial charge in [-0.25, -0.2) is 9.97 Å². The Labute approximate surface area is 139 Å². The zero-order valence-electron chi connectivity index (χ0n) is 13.0. The molecule has 24 heavy (non-hydrogen) atoms. The molecule has 0 amide bonds. The van der Waals surface area contributed by atoms with Gasteiger partial charge >= 0.3 is 0 Å². The maximum atomic E-state index is 5.64. The summed E-state index contributed by atoms with van der Waals surface area (Å²) in [6.07, 6.45) is 1.56. The minimum absolute atomic E-state index is 0.538. The van der Waals surface area contributed by atoms with Gasteiger partial charge in [0.2, 0.25) is 0 Å². The average Bonchev–Trinajstić information content (AvgIpc) is 3.08. The van der Waals surface area contributed by atoms with Gasteiger partial charge in [-0.1, -0.05) is 42.5 Å². The maximum Gasteiger partial charge on any atom is 0.143 e. The van der Waals surface area contributed by atoms with Gasteiger partial charge < -0.3 is 16.0 Å². The number of anilines is 2. The van der Waals surface area contributed by atoms with Crippen molar-refractivity contribution in [2.45, 2.75) is 6.54 Å². The molecule has 118 valence electrons. The number of benzene rings is 2. The van der Waals surface area contributed by atoms with E-state index in [0.29, 0.717) is 6.54 Å². The Bertz CT molecular complexity index is 958. The third-order valence-corrected chi connectivity index (χ3v) is 3.96. The molecule has 0 aliphatic rings. The van der Waals surface area contributed by atoms with E-state index in [0.717, 1.165) is 39.4 Å². The van der Waals surface area contributed by atoms with Crippen molar-refractivity contribution in [3.8, 4) is 11.3 Å². The van der Waals surface area contributed by atoms with Crippen molar-refractivity contribution in [2.24, 2.45) is 5.73 Å². The Morgan fingerprint density at radius 1 is 0.958 bits per heavy atom. The second kappa shape index (κ2) is 6.14. The summed E-state index contributed by atoms with van der Waals surface area (Å²) < 4.78 is 0. The number of H-pyrrole nitrogens is 1. The molecule has 0 saturated carbocycles. The lowest BCUT2D eigenvalue weighted by Gasteiger charge is -2.06. The summed E-state index contributed by atoms with van der Waals surface area (Å²) in [5.41, 5.74) is 10.7. The number of nitrogens with zero attached hydrogens (tertiary/aromatic N) is 2. The molecular weight excluding hydrogens is 298 g/mol. The standard InChI is InChI=1S/C19H17N5/c20-11-13-6-8-15(9-7-13)23-18-16-10-17(14-4-2-1-3-5-14)24-19(16)22-12-21-18/h1-10,12H,11,20H2,(H2,21,22,23,24). The molecule has 0 bridgehead atoms. The topological polar surface area (TPSA) is 79.6 Å². The van der Waals surface area contributed by atoms with Crippen LogP contribution in [0.1, 0.15) is 5.56 Å². The van der Waals surface area contributed by atoms with Crippen molar-refractivity contribution in [1.82, 2.24) is 15.0 Å². The molecule has 4 aromatic rings. The molecule has 0 fully saturated rings. The van der Waals surface area contributed by atoms with Crippen LogP contribution >= 0.6 is 0 Å². The number of rotatable bonds is 4. The van der Waals surface area contributed by atoms with E-state index < -0.39 is 0 Å². The molecular formula is C19H17N5. The average molecular weight is 315 g/mol. The van der Waals surface area contributed by atoms with Gasteiger partial charge in [0.05, 0.1) is 5.39 Å². The fraction of sp³-hybridized carbons (Fsp3) is 0.0526. The third-order valence-electron chi connectivity index (χ3n) is 3.96. The van der Waals surface area contributed by atoms with E-state index in [1.54, 1.807) is 6.33 Å². The summed E-state index contributed by atoms with van der Waals surface area (Å²) in [7, 11) is 0. The van der Waals surface area contributed by atoms with Crippen LogP contribution in [-0.2, 0) is 6.54 Å². The summed E-state index contributed by atoms with van der Waals surface area (Å²) in [4.78, 5) is 12.1. The van der Waals surface area contributed by atoms with E-state index in [1.165, 1.54) is 0 Å². The van der Waals surface area contributed by atoms with Crippen molar-refractivity contribution < 1.29 is 0 Å². The van der Waals surface area contributed by atoms with Gasteiger partial charge in [0, 0.05) is 17.9 Å². The minimum atomic E-state index is 0.538. The van der Waals surface area contributed by atoms with Crippen molar-refractivity contribution in [3.05, 3.63) is 72.6 Å². The molecule has 5 nitrogen and oxygen atoms in total. The fourth-order valence-corrected chi connectivity index (χ4v) is 2.67. The molecule has 0 unspecified atom stereocenters. The smallest absolute Gasteiger partial charge is 0.143 e. The second-order valence-corrected chi connectivity index (χ2v) is 5.56. The Morgan fingerprint density at radius 3 is 2.50 bits per heavy atom. The maximum absolute atomic E-state index is 5.64. The normalized spacial score (nSPS) is 10.9. The van der Waals surface area contributed by atoms with Crippen molar-refractivity contribution in [3.63, 3.8) is 0 Å². The van der Waals surface area contributed by atoms with E-state index in [1.807, 2.05) is 42.5 Å². The van der Waals surface area contributed by atoms with Gasteiger partial charge in [0.25, 0.3) is 0 Å². The number of aromatic amines is 1. The molecule has 0 saturated heterocycles. The largest absolute Gasteiger partial charge is 0.340 e. The van der Waals surface area contributed by atoms with Crippen LogP contribution in [0.2, 0.25) is 0 Å². The molecule has 0 atom stereocenters. The summed E-state index contributed by atoms with van der Waals surface area (Å²) in [5, 5.41) is 4.31. The van der Waals surface area contributed by atoms with Gasteiger partial charge in [-0.3, -0.25) is 0 Å². The highest BCUT2D eigenvalue weighted by atomic mass is 15.0. The lowest BCUT2D eigenvalue weighted by atomic mass is 10.1. The molecule has 0 radical (unpaired) electrons. The van der Waals surface area contributed by atoms with Gasteiger partial charge in [-0.2, -0.15) is 0 Å². The Balaban J connectivity index is 1.71. The van der Waals surface area contributed by atoms with Crippen molar-refractivity contribution >= 4 is 22.5 Å². The molecule has 0 aliphatic carbocycles. The minimum Gasteiger partial charge on any atom is -0.340 e. The predicted molar refractivity (Wildman–Crippen MR) is 96.9 cm³/mol. The first-order valence-electron chi connectivity index (χ1n) is 7.78. The monoisotopic (exact) mass is 315 g/mol. The number of fused-ring (bicyclic) bond motifs is 1. The quantitative estimate of drug-likeness (QED) is 0.535. The van der Waals surface area contributed by atoms with Gasteiger partial charge in [-0.05, 0) is 29.3 Å². The van der Waals surface area contributed by atoms with E-state index in [9.17, 15) is 0 Å². The Kier molecular flexibility index (Phi) is 3.69. The molecule has 5 heteroatoms. The second-order valence-electron chi connectivity index (χ2n) is 5.56. The molecule has 0 aliphatic heterocycles. The number of hydrogen-bond acceptors (Lipinski definition) is 4. The van der Waals surface area contributed by atoms with Gasteiger partial charge in [-0.15, -0.1) is 0 Å². The number of nitrogens with one attached hydrogen (secondary N) is 2. The summed E-state index contributed by atoms with van der Waals surface area (Å²) in [5.74, 6) is 0.777. The number of nitrogens with two attached hydrogens (primary N) is 1. The van der Waals surface area contributed by atoms with Gasteiger partial charge in [0.15, 0.2) is 0 Å². The first-order valence-corrected chi connectivity index (χ1v) is 7.78. The van der Waals surface area contributed by atoms with Crippen LogP contribution in [0, 0.1) is 0 Å². The van der Waals surface area contributed by atoms with E-state index in [4.69, 9.17) is 5.73 Å². The summed E-state index contributed by atoms with van der Waals surface area (Å²) >= 11 is 0. The molecule has 2 aromatic carbocycles. The van der Waals surface area contributed by atoms with E-state index in [2.05, 4.69) is 38.5 Å². The van der Waals surface area contributed by atoms with Crippen molar-refractivity contribution in [1.29, 1.82) is 0 Å². The van der Waals surface area contributed by atoms with Crippen LogP contribution in [0.15, 0.2) is 67.0 Å². The highest BCUT2D eigenvalue weighted by Crippen LogP contribution is 2.28. The van der Waals surface area contributed by atoms with Crippen LogP contribution in [0.5, 0.6) is 0 Å². The van der Waals surface area contributed by atoms with Crippen LogP contribution in [0.25, 0.3) is 22.3 Å². The van der Waals surface area contributed by atoms with E-state index >= 15 is 0 Å². The van der Waals surface area contributed by atoms with Crippen LogP contribution in [-0.4, -0.2) is 15.0 Å². The lowest BCUT2D eigenvalue weighted by Crippen LogP contribution is -1.98. The SMILES string of the molecule is NCc1ccc(Nc2ncnc3[nH]c(-c4ccccc4)cc23)cc1. The first kappa shape index (κ1) is 14.4. The van der Waals surface area contributed by atoms with Crippen LogP contribution in [0.4, 0.5) is 11.5 Å². The number of hydrogen-bond donors (Lipinski definition) is 3. The van der Waals surface area contributed by atoms with Crippen LogP contribution in [0.3, 0.4) is 0 Å². The zero-order valence-corrected chi connectivity index (χ0v) is 13.0. The number of aromatic nitrogens is 3. The Hall–Kier alpha value is -3.18. The van der Waals surface area contributed by atoms with Gasteiger partial charge in [0.1, 0.15) is 17.8 Å². The molecule has 2 aromatic heterocycles. The van der Waals surface area contributed by atoms with Crippen LogP contribution < -0.4 is 11.1 Å². The Morgan fingerprint density at radius 2 is 1.75 bits per heavy atom. The summed E-state index contributed by atoms with van der Waals surface area (Å²) in [6.45, 7) is 0.538.